The first-order valence-electron chi connectivity index (χ1n) is 5.53. The molecule has 0 bridgehead atoms. The number of nitrogens with zero attached hydrogens (tertiary/aromatic N) is 1. The standard InChI is InChI=1S/C12H16N2O3S/c1-10(2)14-18(16,17)12-7-11(8-13-9-12)5-3-4-6-15/h7-10,14-15H,4,6H2,1-2H3. The molecule has 0 atom stereocenters. The van der Waals surface area contributed by atoms with E-state index in [4.69, 9.17) is 5.11 Å². The van der Waals surface area contributed by atoms with Crippen LogP contribution in [0.1, 0.15) is 25.8 Å². The van der Waals surface area contributed by atoms with Crippen LogP contribution in [0.15, 0.2) is 23.4 Å². The van der Waals surface area contributed by atoms with Crippen molar-refractivity contribution in [3.8, 4) is 11.8 Å². The lowest BCUT2D eigenvalue weighted by molar-refractivity contribution is 0.305. The first-order chi connectivity index (χ1) is 8.45. The van der Waals surface area contributed by atoms with Crippen molar-refractivity contribution in [2.24, 2.45) is 0 Å². The largest absolute Gasteiger partial charge is 0.395 e. The number of aromatic nitrogens is 1. The minimum atomic E-state index is -3.54. The fraction of sp³-hybridized carbons (Fsp3) is 0.417. The quantitative estimate of drug-likeness (QED) is 0.779. The van der Waals surface area contributed by atoms with E-state index >= 15 is 0 Å². The lowest BCUT2D eigenvalue weighted by Gasteiger charge is -2.09. The molecule has 0 saturated heterocycles. The summed E-state index contributed by atoms with van der Waals surface area (Å²) < 4.78 is 26.2. The summed E-state index contributed by atoms with van der Waals surface area (Å²) in [6, 6.07) is 1.28. The van der Waals surface area contributed by atoms with E-state index in [2.05, 4.69) is 21.5 Å². The minimum absolute atomic E-state index is 0.0205. The number of hydrogen-bond donors (Lipinski definition) is 2. The van der Waals surface area contributed by atoms with E-state index < -0.39 is 10.0 Å². The van der Waals surface area contributed by atoms with Crippen LogP contribution >= 0.6 is 0 Å². The van der Waals surface area contributed by atoms with Gasteiger partial charge in [0.1, 0.15) is 4.90 Å². The fourth-order valence-corrected chi connectivity index (χ4v) is 2.47. The predicted molar refractivity (Wildman–Crippen MR) is 68.3 cm³/mol. The van der Waals surface area contributed by atoms with Crippen molar-refractivity contribution in [1.29, 1.82) is 0 Å². The molecule has 0 radical (unpaired) electrons. The second kappa shape index (κ2) is 6.50. The molecule has 0 aliphatic rings. The van der Waals surface area contributed by atoms with Crippen molar-refractivity contribution in [1.82, 2.24) is 9.71 Å². The van der Waals surface area contributed by atoms with E-state index in [1.807, 2.05) is 0 Å². The molecule has 5 nitrogen and oxygen atoms in total. The SMILES string of the molecule is CC(C)NS(=O)(=O)c1cncc(C#CCCO)c1. The van der Waals surface area contributed by atoms with E-state index in [1.54, 1.807) is 13.8 Å². The van der Waals surface area contributed by atoms with Gasteiger partial charge in [-0.15, -0.1) is 0 Å². The Kier molecular flexibility index (Phi) is 5.28. The summed E-state index contributed by atoms with van der Waals surface area (Å²) in [5.74, 6) is 5.46. The van der Waals surface area contributed by atoms with Gasteiger partial charge < -0.3 is 5.11 Å². The van der Waals surface area contributed by atoms with Crippen LogP contribution < -0.4 is 4.72 Å². The first-order valence-corrected chi connectivity index (χ1v) is 7.01. The van der Waals surface area contributed by atoms with Gasteiger partial charge in [-0.05, 0) is 19.9 Å². The highest BCUT2D eigenvalue weighted by Crippen LogP contribution is 2.09. The van der Waals surface area contributed by atoms with Crippen LogP contribution in [0, 0.1) is 11.8 Å². The van der Waals surface area contributed by atoms with Gasteiger partial charge in [0, 0.05) is 30.4 Å². The molecule has 0 aliphatic heterocycles. The smallest absolute Gasteiger partial charge is 0.242 e. The number of rotatable bonds is 4. The maximum Gasteiger partial charge on any atom is 0.242 e. The minimum Gasteiger partial charge on any atom is -0.395 e. The van der Waals surface area contributed by atoms with Gasteiger partial charge in [0.15, 0.2) is 0 Å². The Balaban J connectivity index is 2.99. The summed E-state index contributed by atoms with van der Waals surface area (Å²) in [6.45, 7) is 3.47. The van der Waals surface area contributed by atoms with E-state index in [0.29, 0.717) is 12.0 Å². The highest BCUT2D eigenvalue weighted by atomic mass is 32.2. The number of aliphatic hydroxyl groups is 1. The number of nitrogens with one attached hydrogen (secondary N) is 1. The molecule has 0 amide bonds. The monoisotopic (exact) mass is 268 g/mol. The lowest BCUT2D eigenvalue weighted by Crippen LogP contribution is -2.30. The van der Waals surface area contributed by atoms with Gasteiger partial charge in [-0.2, -0.15) is 0 Å². The number of sulfonamides is 1. The molecule has 1 rings (SSSR count). The van der Waals surface area contributed by atoms with Gasteiger partial charge in [0.25, 0.3) is 0 Å². The summed E-state index contributed by atoms with van der Waals surface area (Å²) in [6.07, 6.45) is 3.11. The summed E-state index contributed by atoms with van der Waals surface area (Å²) in [7, 11) is -3.54. The number of pyridine rings is 1. The molecular weight excluding hydrogens is 252 g/mol. The average Bonchev–Trinajstić information content (AvgIpc) is 2.28. The zero-order valence-corrected chi connectivity index (χ0v) is 11.2. The molecule has 0 spiro atoms. The summed E-state index contributed by atoms with van der Waals surface area (Å²) in [5.41, 5.74) is 0.509. The van der Waals surface area contributed by atoms with Crippen LogP contribution in [-0.2, 0) is 10.0 Å². The van der Waals surface area contributed by atoms with Crippen molar-refractivity contribution < 1.29 is 13.5 Å². The Morgan fingerprint density at radius 2 is 2.17 bits per heavy atom. The molecule has 0 unspecified atom stereocenters. The molecule has 1 heterocycles. The van der Waals surface area contributed by atoms with Crippen LogP contribution in [0.25, 0.3) is 0 Å². The molecule has 2 N–H and O–H groups in total. The number of aliphatic hydroxyl groups excluding tert-OH is 1. The zero-order valence-electron chi connectivity index (χ0n) is 10.3. The van der Waals surface area contributed by atoms with Crippen molar-refractivity contribution >= 4 is 10.0 Å². The Labute approximate surface area is 107 Å². The van der Waals surface area contributed by atoms with Crippen LogP contribution in [-0.4, -0.2) is 31.2 Å². The molecular formula is C12H16N2O3S. The first kappa shape index (κ1) is 14.6. The molecule has 0 aliphatic carbocycles. The van der Waals surface area contributed by atoms with Crippen molar-refractivity contribution in [3.05, 3.63) is 24.0 Å². The number of hydrogen-bond acceptors (Lipinski definition) is 4. The third-order valence-corrected chi connectivity index (χ3v) is 3.51. The van der Waals surface area contributed by atoms with Crippen LogP contribution in [0.3, 0.4) is 0 Å². The summed E-state index contributed by atoms with van der Waals surface area (Å²) >= 11 is 0. The second-order valence-electron chi connectivity index (χ2n) is 3.96. The molecule has 1 aromatic heterocycles. The molecule has 1 aromatic rings. The predicted octanol–water partition coefficient (Wildman–Crippen LogP) is 0.502. The highest BCUT2D eigenvalue weighted by Gasteiger charge is 2.15. The topological polar surface area (TPSA) is 79.3 Å². The Hall–Kier alpha value is -1.42. The van der Waals surface area contributed by atoms with Crippen molar-refractivity contribution in [3.63, 3.8) is 0 Å². The maximum atomic E-state index is 11.9. The Morgan fingerprint density at radius 1 is 1.44 bits per heavy atom. The zero-order chi connectivity index (χ0) is 13.6. The molecule has 0 aromatic carbocycles. The van der Waals surface area contributed by atoms with Crippen LogP contribution in [0.2, 0.25) is 0 Å². The molecule has 0 fully saturated rings. The van der Waals surface area contributed by atoms with Crippen molar-refractivity contribution in [2.45, 2.75) is 31.2 Å². The molecule has 18 heavy (non-hydrogen) atoms. The van der Waals surface area contributed by atoms with Crippen LogP contribution in [0.4, 0.5) is 0 Å². The van der Waals surface area contributed by atoms with E-state index in [-0.39, 0.29) is 17.5 Å². The average molecular weight is 268 g/mol. The van der Waals surface area contributed by atoms with Gasteiger partial charge in [-0.1, -0.05) is 11.8 Å². The van der Waals surface area contributed by atoms with Gasteiger partial charge in [0.05, 0.1) is 6.61 Å². The van der Waals surface area contributed by atoms with Gasteiger partial charge in [0.2, 0.25) is 10.0 Å². The molecule has 6 heteroatoms. The van der Waals surface area contributed by atoms with E-state index in [0.717, 1.165) is 0 Å². The summed E-state index contributed by atoms with van der Waals surface area (Å²) in [4.78, 5) is 3.94. The lowest BCUT2D eigenvalue weighted by atomic mass is 10.3. The highest BCUT2D eigenvalue weighted by molar-refractivity contribution is 7.89. The third-order valence-electron chi connectivity index (χ3n) is 1.88. The molecule has 98 valence electrons. The second-order valence-corrected chi connectivity index (χ2v) is 5.67. The maximum absolute atomic E-state index is 11.9. The summed E-state index contributed by atoms with van der Waals surface area (Å²) in [5, 5.41) is 8.60. The van der Waals surface area contributed by atoms with E-state index in [1.165, 1.54) is 18.5 Å². The fourth-order valence-electron chi connectivity index (χ4n) is 1.23. The Bertz CT molecular complexity index is 556. The third kappa shape index (κ3) is 4.45. The van der Waals surface area contributed by atoms with Gasteiger partial charge in [-0.3, -0.25) is 4.98 Å². The van der Waals surface area contributed by atoms with Crippen LogP contribution in [0.5, 0.6) is 0 Å². The van der Waals surface area contributed by atoms with Gasteiger partial charge in [-0.25, -0.2) is 13.1 Å². The van der Waals surface area contributed by atoms with Gasteiger partial charge >= 0.3 is 0 Å². The van der Waals surface area contributed by atoms with Crippen molar-refractivity contribution in [2.75, 3.05) is 6.61 Å². The normalized spacial score (nSPS) is 11.1. The molecule has 0 saturated carbocycles. The Morgan fingerprint density at radius 3 is 2.78 bits per heavy atom. The van der Waals surface area contributed by atoms with E-state index in [9.17, 15) is 8.42 Å².